The number of esters is 1. The minimum atomic E-state index is -0.671. The molecule has 3 rings (SSSR count). The van der Waals surface area contributed by atoms with Crippen molar-refractivity contribution in [2.24, 2.45) is 7.05 Å². The first-order valence-corrected chi connectivity index (χ1v) is 8.74. The highest BCUT2D eigenvalue weighted by Crippen LogP contribution is 2.17. The second kappa shape index (κ2) is 7.63. The van der Waals surface area contributed by atoms with Gasteiger partial charge in [-0.3, -0.25) is 9.48 Å². The van der Waals surface area contributed by atoms with Gasteiger partial charge in [0.2, 0.25) is 0 Å². The highest BCUT2D eigenvalue weighted by Gasteiger charge is 2.25. The fraction of sp³-hybridized carbons (Fsp3) is 0.316. The molecular weight excluding hydrogens is 360 g/mol. The predicted molar refractivity (Wildman–Crippen MR) is 101 cm³/mol. The lowest BCUT2D eigenvalue weighted by Gasteiger charge is -2.19. The first-order chi connectivity index (χ1) is 13.2. The molecule has 1 N–H and O–H groups in total. The maximum atomic E-state index is 12.6. The van der Waals surface area contributed by atoms with Crippen LogP contribution in [0.25, 0.3) is 5.69 Å². The molecule has 0 aliphatic heterocycles. The molecule has 0 aliphatic rings. The van der Waals surface area contributed by atoms with E-state index in [1.54, 1.807) is 51.0 Å². The third-order valence-electron chi connectivity index (χ3n) is 3.60. The Labute approximate surface area is 162 Å². The van der Waals surface area contributed by atoms with Crippen LogP contribution in [0.4, 0.5) is 0 Å². The summed E-state index contributed by atoms with van der Waals surface area (Å²) in [5.74, 6) is -0.521. The van der Waals surface area contributed by atoms with Crippen molar-refractivity contribution in [1.82, 2.24) is 29.9 Å². The lowest BCUT2D eigenvalue weighted by atomic mass is 10.2. The largest absolute Gasteiger partial charge is 0.455 e. The van der Waals surface area contributed by atoms with Gasteiger partial charge in [0.25, 0.3) is 5.91 Å². The average Bonchev–Trinajstić information content (AvgIpc) is 3.25. The molecule has 0 saturated heterocycles. The number of para-hydroxylation sites is 1. The van der Waals surface area contributed by atoms with Gasteiger partial charge in [0, 0.05) is 13.1 Å². The summed E-state index contributed by atoms with van der Waals surface area (Å²) >= 11 is 0. The summed E-state index contributed by atoms with van der Waals surface area (Å²) < 4.78 is 8.41. The summed E-state index contributed by atoms with van der Waals surface area (Å²) in [5.41, 5.74) is 0.243. The summed E-state index contributed by atoms with van der Waals surface area (Å²) in [6, 6.07) is 10.5. The number of amides is 1. The zero-order chi connectivity index (χ0) is 20.3. The number of aromatic nitrogens is 5. The van der Waals surface area contributed by atoms with Crippen LogP contribution in [0.5, 0.6) is 0 Å². The molecule has 2 aromatic heterocycles. The molecule has 3 aromatic rings. The van der Waals surface area contributed by atoms with Crippen molar-refractivity contribution in [3.63, 3.8) is 0 Å². The summed E-state index contributed by atoms with van der Waals surface area (Å²) in [7, 11) is 1.74. The molecule has 0 saturated carbocycles. The van der Waals surface area contributed by atoms with E-state index in [0.717, 1.165) is 0 Å². The number of ether oxygens (including phenoxy) is 1. The predicted octanol–water partition coefficient (Wildman–Crippen LogP) is 1.89. The lowest BCUT2D eigenvalue weighted by molar-refractivity contribution is 0.00593. The number of carbonyl (C=O) groups is 2. The highest BCUT2D eigenvalue weighted by molar-refractivity contribution is 5.96. The quantitative estimate of drug-likeness (QED) is 0.676. The number of carbonyl (C=O) groups excluding carboxylic acids is 2. The topological polar surface area (TPSA) is 104 Å². The van der Waals surface area contributed by atoms with Crippen LogP contribution < -0.4 is 5.32 Å². The van der Waals surface area contributed by atoms with Gasteiger partial charge in [0.1, 0.15) is 11.9 Å². The Balaban J connectivity index is 1.87. The minimum Gasteiger partial charge on any atom is -0.455 e. The molecule has 9 heteroatoms. The second-order valence-corrected chi connectivity index (χ2v) is 7.18. The van der Waals surface area contributed by atoms with E-state index in [1.807, 2.05) is 18.2 Å². The molecule has 0 aliphatic carbocycles. The number of aryl methyl sites for hydroxylation is 1. The van der Waals surface area contributed by atoms with E-state index >= 15 is 0 Å². The summed E-state index contributed by atoms with van der Waals surface area (Å²) in [4.78, 5) is 29.2. The van der Waals surface area contributed by atoms with Crippen LogP contribution in [0.2, 0.25) is 0 Å². The van der Waals surface area contributed by atoms with E-state index in [2.05, 4.69) is 20.5 Å². The van der Waals surface area contributed by atoms with Crippen LogP contribution >= 0.6 is 0 Å². The first-order valence-electron chi connectivity index (χ1n) is 8.74. The van der Waals surface area contributed by atoms with Crippen molar-refractivity contribution in [1.29, 1.82) is 0 Å². The van der Waals surface area contributed by atoms with Crippen LogP contribution in [0, 0.1) is 0 Å². The van der Waals surface area contributed by atoms with Gasteiger partial charge in [0.15, 0.2) is 17.2 Å². The van der Waals surface area contributed by atoms with Gasteiger partial charge in [-0.25, -0.2) is 14.5 Å². The number of hydrogen-bond acceptors (Lipinski definition) is 6. The van der Waals surface area contributed by atoms with Crippen molar-refractivity contribution in [2.75, 3.05) is 0 Å². The molecule has 0 radical (unpaired) electrons. The van der Waals surface area contributed by atoms with Crippen LogP contribution in [-0.4, -0.2) is 42.0 Å². The molecule has 28 heavy (non-hydrogen) atoms. The van der Waals surface area contributed by atoms with Gasteiger partial charge in [-0.2, -0.15) is 10.2 Å². The Morgan fingerprint density at radius 1 is 1.14 bits per heavy atom. The lowest BCUT2D eigenvalue weighted by Crippen LogP contribution is -2.25. The minimum absolute atomic E-state index is 0.0978. The highest BCUT2D eigenvalue weighted by atomic mass is 16.6. The van der Waals surface area contributed by atoms with E-state index < -0.39 is 17.5 Å². The van der Waals surface area contributed by atoms with Crippen molar-refractivity contribution in [2.45, 2.75) is 32.9 Å². The number of benzene rings is 1. The van der Waals surface area contributed by atoms with E-state index in [4.69, 9.17) is 4.74 Å². The molecule has 9 nitrogen and oxygen atoms in total. The molecule has 0 unspecified atom stereocenters. The number of hydrogen-bond donors (Lipinski definition) is 1. The van der Waals surface area contributed by atoms with Crippen molar-refractivity contribution < 1.29 is 14.3 Å². The molecule has 2 heterocycles. The van der Waals surface area contributed by atoms with E-state index in [9.17, 15) is 9.59 Å². The maximum absolute atomic E-state index is 12.6. The molecular formula is C19H22N6O3. The second-order valence-electron chi connectivity index (χ2n) is 7.18. The van der Waals surface area contributed by atoms with Gasteiger partial charge >= 0.3 is 5.97 Å². The standard InChI is InChI=1S/C19H22N6O3/c1-19(2,3)28-18(27)15-10-14(22-25(15)13-8-6-5-7-9-13)17(26)20-11-16-21-12-24(4)23-16/h5-10,12H,11H2,1-4H3,(H,20,26). The number of rotatable bonds is 5. The molecule has 0 bridgehead atoms. The van der Waals surface area contributed by atoms with Crippen molar-refractivity contribution >= 4 is 11.9 Å². The smallest absolute Gasteiger partial charge is 0.357 e. The fourth-order valence-corrected chi connectivity index (χ4v) is 2.45. The Morgan fingerprint density at radius 3 is 2.46 bits per heavy atom. The van der Waals surface area contributed by atoms with Crippen LogP contribution in [0.3, 0.4) is 0 Å². The zero-order valence-electron chi connectivity index (χ0n) is 16.2. The zero-order valence-corrected chi connectivity index (χ0v) is 16.2. The molecule has 1 aromatic carbocycles. The summed E-state index contributed by atoms with van der Waals surface area (Å²) in [5, 5.41) is 11.1. The van der Waals surface area contributed by atoms with E-state index in [0.29, 0.717) is 11.5 Å². The fourth-order valence-electron chi connectivity index (χ4n) is 2.45. The first kappa shape index (κ1) is 19.3. The summed E-state index contributed by atoms with van der Waals surface area (Å²) in [6.07, 6.45) is 1.55. The van der Waals surface area contributed by atoms with Gasteiger partial charge < -0.3 is 10.1 Å². The van der Waals surface area contributed by atoms with Gasteiger partial charge in [-0.15, -0.1) is 0 Å². The molecule has 0 atom stereocenters. The number of nitrogens with one attached hydrogen (secondary N) is 1. The van der Waals surface area contributed by atoms with Gasteiger partial charge in [-0.1, -0.05) is 18.2 Å². The maximum Gasteiger partial charge on any atom is 0.357 e. The Kier molecular flexibility index (Phi) is 5.25. The van der Waals surface area contributed by atoms with Crippen molar-refractivity contribution in [3.8, 4) is 5.69 Å². The number of nitrogens with zero attached hydrogens (tertiary/aromatic N) is 5. The summed E-state index contributed by atoms with van der Waals surface area (Å²) in [6.45, 7) is 5.49. The van der Waals surface area contributed by atoms with Gasteiger partial charge in [0.05, 0.1) is 12.2 Å². The van der Waals surface area contributed by atoms with Crippen LogP contribution in [0.15, 0.2) is 42.7 Å². The van der Waals surface area contributed by atoms with E-state index in [-0.39, 0.29) is 17.9 Å². The molecule has 1 amide bonds. The SMILES string of the molecule is Cn1cnc(CNC(=O)c2cc(C(=O)OC(C)(C)C)n(-c3ccccc3)n2)n1. The molecule has 0 spiro atoms. The Morgan fingerprint density at radius 2 is 1.86 bits per heavy atom. The van der Waals surface area contributed by atoms with Crippen LogP contribution in [-0.2, 0) is 18.3 Å². The monoisotopic (exact) mass is 382 g/mol. The average molecular weight is 382 g/mol. The molecule has 0 fully saturated rings. The van der Waals surface area contributed by atoms with Crippen LogP contribution in [0.1, 0.15) is 47.6 Å². The van der Waals surface area contributed by atoms with Crippen molar-refractivity contribution in [3.05, 3.63) is 59.9 Å². The third kappa shape index (κ3) is 4.61. The molecule has 146 valence electrons. The Hall–Kier alpha value is -3.49. The van der Waals surface area contributed by atoms with Gasteiger partial charge in [-0.05, 0) is 32.9 Å². The van der Waals surface area contributed by atoms with E-state index in [1.165, 1.54) is 10.7 Å². The Bertz CT molecular complexity index is 985. The normalized spacial score (nSPS) is 11.3. The third-order valence-corrected chi connectivity index (χ3v) is 3.60.